The van der Waals surface area contributed by atoms with Crippen LogP contribution in [0.2, 0.25) is 5.02 Å². The summed E-state index contributed by atoms with van der Waals surface area (Å²) in [5, 5.41) is 4.88. The number of nitrogens with two attached hydrogens (primary N) is 1. The third-order valence-electron chi connectivity index (χ3n) is 3.45. The molecule has 1 aliphatic rings. The summed E-state index contributed by atoms with van der Waals surface area (Å²) in [6.07, 6.45) is 0. The topological polar surface area (TPSA) is 129 Å². The van der Waals surface area contributed by atoms with Gasteiger partial charge in [-0.1, -0.05) is 11.6 Å². The zero-order valence-electron chi connectivity index (χ0n) is 13.8. The maximum atomic E-state index is 11.9. The largest absolute Gasteiger partial charge is 0.483 e. The number of hydrogen-bond donors (Lipinski definition) is 3. The highest BCUT2D eigenvalue weighted by Gasteiger charge is 2.16. The van der Waals surface area contributed by atoms with E-state index in [1.165, 1.54) is 18.2 Å². The van der Waals surface area contributed by atoms with Gasteiger partial charge in [-0.25, -0.2) is 4.79 Å². The second-order valence-electron chi connectivity index (χ2n) is 5.36. The van der Waals surface area contributed by atoms with Gasteiger partial charge in [0.2, 0.25) is 6.79 Å². The molecule has 1 heterocycles. The van der Waals surface area contributed by atoms with E-state index < -0.39 is 24.5 Å². The molecule has 0 aromatic heterocycles. The summed E-state index contributed by atoms with van der Waals surface area (Å²) in [5.41, 5.74) is 5.68. The molecule has 3 rings (SSSR count). The van der Waals surface area contributed by atoms with Gasteiger partial charge in [-0.2, -0.15) is 0 Å². The van der Waals surface area contributed by atoms with Gasteiger partial charge >= 0.3 is 6.03 Å². The van der Waals surface area contributed by atoms with Crippen molar-refractivity contribution < 1.29 is 28.6 Å². The number of benzene rings is 2. The van der Waals surface area contributed by atoms with Crippen molar-refractivity contribution in [3.8, 4) is 17.2 Å². The Bertz CT molecular complexity index is 918. The van der Waals surface area contributed by atoms with Gasteiger partial charge in [-0.15, -0.1) is 0 Å². The highest BCUT2D eigenvalue weighted by atomic mass is 35.5. The molecule has 0 unspecified atom stereocenters. The van der Waals surface area contributed by atoms with E-state index in [4.69, 9.17) is 31.5 Å². The highest BCUT2D eigenvalue weighted by Crippen LogP contribution is 2.34. The average Bonchev–Trinajstić information content (AvgIpc) is 3.08. The maximum Gasteiger partial charge on any atom is 0.325 e. The number of anilines is 1. The minimum absolute atomic E-state index is 0.0279. The van der Waals surface area contributed by atoms with Crippen LogP contribution in [0.5, 0.6) is 17.2 Å². The van der Waals surface area contributed by atoms with Crippen LogP contribution >= 0.6 is 11.6 Å². The monoisotopic (exact) mass is 391 g/mol. The van der Waals surface area contributed by atoms with E-state index in [0.717, 1.165) is 0 Å². The molecule has 9 nitrogen and oxygen atoms in total. The van der Waals surface area contributed by atoms with E-state index in [0.29, 0.717) is 22.2 Å². The summed E-state index contributed by atoms with van der Waals surface area (Å²) in [7, 11) is 0. The van der Waals surface area contributed by atoms with Gasteiger partial charge in [0, 0.05) is 16.8 Å². The Balaban J connectivity index is 1.53. The predicted octanol–water partition coefficient (Wildman–Crippen LogP) is 1.89. The molecular formula is C17H14ClN3O6. The Hall–Kier alpha value is -3.46. The van der Waals surface area contributed by atoms with Crippen LogP contribution in [0.4, 0.5) is 10.5 Å². The highest BCUT2D eigenvalue weighted by molar-refractivity contribution is 6.31. The third kappa shape index (κ3) is 4.59. The first kappa shape index (κ1) is 18.3. The third-order valence-corrected chi connectivity index (χ3v) is 3.68. The molecule has 4 amide bonds. The molecule has 2 aromatic carbocycles. The number of halogens is 1. The Morgan fingerprint density at radius 3 is 2.67 bits per heavy atom. The first-order valence-electron chi connectivity index (χ1n) is 7.65. The van der Waals surface area contributed by atoms with Crippen LogP contribution in [-0.4, -0.2) is 31.2 Å². The number of hydrogen-bond acceptors (Lipinski definition) is 6. The maximum absolute atomic E-state index is 11.9. The van der Waals surface area contributed by atoms with Gasteiger partial charge in [-0.3, -0.25) is 14.9 Å². The molecule has 140 valence electrons. The molecule has 0 fully saturated rings. The minimum Gasteiger partial charge on any atom is -0.483 e. The fourth-order valence-corrected chi connectivity index (χ4v) is 2.44. The molecule has 27 heavy (non-hydrogen) atoms. The standard InChI is InChI=1S/C17H14ClN3O6/c18-9-1-3-12(11(5-9)16(19)23)25-7-15(22)21-17(24)20-10-2-4-13-14(6-10)27-8-26-13/h1-6H,7-8H2,(H2,19,23)(H2,20,21,22,24). The Morgan fingerprint density at radius 1 is 1.11 bits per heavy atom. The molecule has 2 aromatic rings. The van der Waals surface area contributed by atoms with Crippen LogP contribution < -0.4 is 30.6 Å². The lowest BCUT2D eigenvalue weighted by atomic mass is 10.2. The van der Waals surface area contributed by atoms with Crippen LogP contribution in [0, 0.1) is 0 Å². The van der Waals surface area contributed by atoms with E-state index >= 15 is 0 Å². The van der Waals surface area contributed by atoms with Gasteiger partial charge in [0.15, 0.2) is 18.1 Å². The van der Waals surface area contributed by atoms with Crippen molar-refractivity contribution in [3.05, 3.63) is 47.0 Å². The second-order valence-corrected chi connectivity index (χ2v) is 5.80. The van der Waals surface area contributed by atoms with E-state index in [2.05, 4.69) is 10.6 Å². The Kier molecular flexibility index (Phi) is 5.32. The Labute approximate surface area is 158 Å². The molecule has 0 atom stereocenters. The Morgan fingerprint density at radius 2 is 1.89 bits per heavy atom. The van der Waals surface area contributed by atoms with Crippen LogP contribution in [-0.2, 0) is 4.79 Å². The first-order valence-corrected chi connectivity index (χ1v) is 8.03. The summed E-state index contributed by atoms with van der Waals surface area (Å²) in [4.78, 5) is 35.1. The van der Waals surface area contributed by atoms with Crippen molar-refractivity contribution in [1.29, 1.82) is 0 Å². The van der Waals surface area contributed by atoms with Crippen molar-refractivity contribution in [1.82, 2.24) is 5.32 Å². The molecule has 0 saturated heterocycles. The fraction of sp³-hybridized carbons (Fsp3) is 0.118. The normalized spacial score (nSPS) is 11.6. The lowest BCUT2D eigenvalue weighted by Crippen LogP contribution is -2.37. The van der Waals surface area contributed by atoms with Gasteiger partial charge in [0.1, 0.15) is 5.75 Å². The molecule has 0 bridgehead atoms. The van der Waals surface area contributed by atoms with Gasteiger partial charge < -0.3 is 25.3 Å². The van der Waals surface area contributed by atoms with Crippen molar-refractivity contribution in [2.45, 2.75) is 0 Å². The molecule has 10 heteroatoms. The fourth-order valence-electron chi connectivity index (χ4n) is 2.26. The SMILES string of the molecule is NC(=O)c1cc(Cl)ccc1OCC(=O)NC(=O)Nc1ccc2c(c1)OCO2. The van der Waals surface area contributed by atoms with Crippen LogP contribution in [0.1, 0.15) is 10.4 Å². The van der Waals surface area contributed by atoms with Crippen molar-refractivity contribution >= 4 is 35.1 Å². The number of nitrogens with one attached hydrogen (secondary N) is 2. The molecule has 4 N–H and O–H groups in total. The van der Waals surface area contributed by atoms with Gasteiger partial charge in [0.25, 0.3) is 11.8 Å². The number of carbonyl (C=O) groups excluding carboxylic acids is 3. The molecule has 0 spiro atoms. The second kappa shape index (κ2) is 7.83. The smallest absolute Gasteiger partial charge is 0.325 e. The summed E-state index contributed by atoms with van der Waals surface area (Å²) in [5.74, 6) is -0.340. The van der Waals surface area contributed by atoms with Crippen molar-refractivity contribution in [2.75, 3.05) is 18.7 Å². The zero-order valence-corrected chi connectivity index (χ0v) is 14.5. The van der Waals surface area contributed by atoms with Crippen LogP contribution in [0.3, 0.4) is 0 Å². The quantitative estimate of drug-likeness (QED) is 0.713. The number of urea groups is 1. The number of rotatable bonds is 5. The number of imide groups is 1. The molecular weight excluding hydrogens is 378 g/mol. The predicted molar refractivity (Wildman–Crippen MR) is 95.2 cm³/mol. The first-order chi connectivity index (χ1) is 12.9. The van der Waals surface area contributed by atoms with E-state index in [-0.39, 0.29) is 18.1 Å². The molecule has 0 saturated carbocycles. The number of carbonyl (C=O) groups is 3. The minimum atomic E-state index is -0.756. The lowest BCUT2D eigenvalue weighted by Gasteiger charge is -2.10. The summed E-state index contributed by atoms with van der Waals surface area (Å²) < 4.78 is 15.6. The number of ether oxygens (including phenoxy) is 3. The molecule has 0 aliphatic carbocycles. The number of amides is 4. The van der Waals surface area contributed by atoms with Crippen LogP contribution in [0.25, 0.3) is 0 Å². The van der Waals surface area contributed by atoms with Gasteiger partial charge in [0.05, 0.1) is 5.56 Å². The van der Waals surface area contributed by atoms with Gasteiger partial charge in [-0.05, 0) is 30.3 Å². The van der Waals surface area contributed by atoms with E-state index in [1.54, 1.807) is 18.2 Å². The molecule has 1 aliphatic heterocycles. The van der Waals surface area contributed by atoms with Crippen molar-refractivity contribution in [2.24, 2.45) is 5.73 Å². The molecule has 0 radical (unpaired) electrons. The summed E-state index contributed by atoms with van der Waals surface area (Å²) in [6, 6.07) is 8.25. The van der Waals surface area contributed by atoms with E-state index in [9.17, 15) is 14.4 Å². The average molecular weight is 392 g/mol. The number of fused-ring (bicyclic) bond motifs is 1. The van der Waals surface area contributed by atoms with Crippen LogP contribution in [0.15, 0.2) is 36.4 Å². The zero-order chi connectivity index (χ0) is 19.4. The summed E-state index contributed by atoms with van der Waals surface area (Å²) >= 11 is 5.79. The summed E-state index contributed by atoms with van der Waals surface area (Å²) in [6.45, 7) is -0.394. The van der Waals surface area contributed by atoms with Crippen molar-refractivity contribution in [3.63, 3.8) is 0 Å². The van der Waals surface area contributed by atoms with E-state index in [1.807, 2.05) is 0 Å². The number of primary amides is 1. The lowest BCUT2D eigenvalue weighted by molar-refractivity contribution is -0.121.